The number of carbonyl (C=O) groups is 1. The Bertz CT molecular complexity index is 467. The summed E-state index contributed by atoms with van der Waals surface area (Å²) in [6.45, 7) is 8.45. The van der Waals surface area contributed by atoms with Gasteiger partial charge in [0.15, 0.2) is 0 Å². The van der Waals surface area contributed by atoms with Gasteiger partial charge in [-0.25, -0.2) is 0 Å². The topological polar surface area (TPSA) is 50.8 Å². The van der Waals surface area contributed by atoms with Crippen LogP contribution in [0.5, 0.6) is 5.75 Å². The van der Waals surface area contributed by atoms with E-state index < -0.39 is 0 Å². The molecule has 1 aliphatic rings. The van der Waals surface area contributed by atoms with Crippen LogP contribution in [0.4, 0.5) is 0 Å². The predicted molar refractivity (Wildman–Crippen MR) is 86.3 cm³/mol. The Labute approximate surface area is 132 Å². The molecule has 0 spiro atoms. The van der Waals surface area contributed by atoms with Crippen LogP contribution in [-0.4, -0.2) is 56.8 Å². The SMILES string of the molecule is COc1ccc(C(=O)NCC(C(C)C)N2CCOCC2)cc1. The molecule has 0 aliphatic carbocycles. The number of morpholine rings is 1. The van der Waals surface area contributed by atoms with Crippen molar-refractivity contribution in [2.45, 2.75) is 19.9 Å². The fourth-order valence-electron chi connectivity index (χ4n) is 2.74. The van der Waals surface area contributed by atoms with Gasteiger partial charge in [-0.1, -0.05) is 13.8 Å². The summed E-state index contributed by atoms with van der Waals surface area (Å²) in [6, 6.07) is 7.51. The first-order chi connectivity index (χ1) is 10.6. The van der Waals surface area contributed by atoms with Gasteiger partial charge in [0.1, 0.15) is 5.75 Å². The molecule has 122 valence electrons. The van der Waals surface area contributed by atoms with Crippen LogP contribution in [0.3, 0.4) is 0 Å². The molecule has 1 aliphatic heterocycles. The van der Waals surface area contributed by atoms with E-state index in [0.29, 0.717) is 24.1 Å². The fraction of sp³-hybridized carbons (Fsp3) is 0.588. The van der Waals surface area contributed by atoms with Gasteiger partial charge < -0.3 is 14.8 Å². The lowest BCUT2D eigenvalue weighted by Crippen LogP contribution is -2.51. The molecule has 1 unspecified atom stereocenters. The molecule has 5 nitrogen and oxygen atoms in total. The van der Waals surface area contributed by atoms with Crippen LogP contribution < -0.4 is 10.1 Å². The third kappa shape index (κ3) is 4.45. The van der Waals surface area contributed by atoms with E-state index in [1.54, 1.807) is 31.4 Å². The van der Waals surface area contributed by atoms with E-state index >= 15 is 0 Å². The van der Waals surface area contributed by atoms with E-state index in [9.17, 15) is 4.79 Å². The Morgan fingerprint density at radius 3 is 2.45 bits per heavy atom. The van der Waals surface area contributed by atoms with E-state index in [1.165, 1.54) is 0 Å². The highest BCUT2D eigenvalue weighted by atomic mass is 16.5. The first kappa shape index (κ1) is 16.8. The normalized spacial score (nSPS) is 17.3. The summed E-state index contributed by atoms with van der Waals surface area (Å²) < 4.78 is 10.5. The minimum Gasteiger partial charge on any atom is -0.497 e. The van der Waals surface area contributed by atoms with Crippen molar-refractivity contribution < 1.29 is 14.3 Å². The summed E-state index contributed by atoms with van der Waals surface area (Å²) in [5.74, 6) is 1.20. The Morgan fingerprint density at radius 2 is 1.91 bits per heavy atom. The molecular weight excluding hydrogens is 280 g/mol. The lowest BCUT2D eigenvalue weighted by molar-refractivity contribution is 0.00673. The van der Waals surface area contributed by atoms with Gasteiger partial charge in [0, 0.05) is 31.2 Å². The summed E-state index contributed by atoms with van der Waals surface area (Å²) >= 11 is 0. The van der Waals surface area contributed by atoms with Crippen LogP contribution in [-0.2, 0) is 4.74 Å². The summed E-state index contributed by atoms with van der Waals surface area (Å²) in [4.78, 5) is 14.7. The Hall–Kier alpha value is -1.59. The average Bonchev–Trinajstić information content (AvgIpc) is 2.55. The number of rotatable bonds is 6. The largest absolute Gasteiger partial charge is 0.497 e. The quantitative estimate of drug-likeness (QED) is 0.870. The third-order valence-corrected chi connectivity index (χ3v) is 4.11. The van der Waals surface area contributed by atoms with Crippen LogP contribution in [0.25, 0.3) is 0 Å². The first-order valence-electron chi connectivity index (χ1n) is 7.86. The third-order valence-electron chi connectivity index (χ3n) is 4.11. The monoisotopic (exact) mass is 306 g/mol. The highest BCUT2D eigenvalue weighted by molar-refractivity contribution is 5.94. The smallest absolute Gasteiger partial charge is 0.251 e. The van der Waals surface area contributed by atoms with Crippen LogP contribution in [0.2, 0.25) is 0 Å². The van der Waals surface area contributed by atoms with Crippen LogP contribution in [0, 0.1) is 5.92 Å². The number of nitrogens with one attached hydrogen (secondary N) is 1. The van der Waals surface area contributed by atoms with Gasteiger partial charge in [0.05, 0.1) is 20.3 Å². The van der Waals surface area contributed by atoms with Crippen molar-refractivity contribution in [3.8, 4) is 5.75 Å². The molecular formula is C17H26N2O3. The minimum atomic E-state index is -0.0402. The molecule has 1 aromatic rings. The summed E-state index contributed by atoms with van der Waals surface area (Å²) in [7, 11) is 1.62. The van der Waals surface area contributed by atoms with Gasteiger partial charge >= 0.3 is 0 Å². The molecule has 0 saturated carbocycles. The van der Waals surface area contributed by atoms with Crippen LogP contribution >= 0.6 is 0 Å². The van der Waals surface area contributed by atoms with E-state index in [-0.39, 0.29) is 5.91 Å². The number of nitrogens with zero attached hydrogens (tertiary/aromatic N) is 1. The highest BCUT2D eigenvalue weighted by Gasteiger charge is 2.24. The lowest BCUT2D eigenvalue weighted by atomic mass is 10.0. The molecule has 1 N–H and O–H groups in total. The second-order valence-electron chi connectivity index (χ2n) is 5.90. The number of benzene rings is 1. The standard InChI is InChI=1S/C17H26N2O3/c1-13(2)16(19-8-10-22-11-9-19)12-18-17(20)14-4-6-15(21-3)7-5-14/h4-7,13,16H,8-12H2,1-3H3,(H,18,20). The zero-order valence-electron chi connectivity index (χ0n) is 13.7. The van der Waals surface area contributed by atoms with Gasteiger partial charge in [-0.3, -0.25) is 9.69 Å². The number of carbonyl (C=O) groups excluding carboxylic acids is 1. The molecule has 1 amide bonds. The molecule has 0 radical (unpaired) electrons. The van der Waals surface area contributed by atoms with Crippen molar-refractivity contribution in [3.63, 3.8) is 0 Å². The maximum absolute atomic E-state index is 12.3. The van der Waals surface area contributed by atoms with Crippen molar-refractivity contribution in [2.24, 2.45) is 5.92 Å². The van der Waals surface area contributed by atoms with Crippen molar-refractivity contribution in [1.29, 1.82) is 0 Å². The van der Waals surface area contributed by atoms with E-state index in [2.05, 4.69) is 24.1 Å². The number of methoxy groups -OCH3 is 1. The maximum Gasteiger partial charge on any atom is 0.251 e. The Balaban J connectivity index is 1.91. The first-order valence-corrected chi connectivity index (χ1v) is 7.86. The number of hydrogen-bond donors (Lipinski definition) is 1. The molecule has 2 rings (SSSR count). The van der Waals surface area contributed by atoms with Gasteiger partial charge in [-0.2, -0.15) is 0 Å². The zero-order chi connectivity index (χ0) is 15.9. The molecule has 0 bridgehead atoms. The molecule has 22 heavy (non-hydrogen) atoms. The molecule has 1 saturated heterocycles. The molecule has 1 fully saturated rings. The van der Waals surface area contributed by atoms with Crippen molar-refractivity contribution in [2.75, 3.05) is 40.0 Å². The molecule has 1 heterocycles. The Kier molecular flexibility index (Phi) is 6.21. The molecule has 0 aromatic heterocycles. The zero-order valence-corrected chi connectivity index (χ0v) is 13.7. The maximum atomic E-state index is 12.3. The summed E-state index contributed by atoms with van der Waals surface area (Å²) in [5.41, 5.74) is 0.658. The van der Waals surface area contributed by atoms with Crippen LogP contribution in [0.15, 0.2) is 24.3 Å². The van der Waals surface area contributed by atoms with E-state index in [0.717, 1.165) is 32.1 Å². The second-order valence-corrected chi connectivity index (χ2v) is 5.90. The lowest BCUT2D eigenvalue weighted by Gasteiger charge is -2.36. The number of ether oxygens (including phenoxy) is 2. The van der Waals surface area contributed by atoms with Gasteiger partial charge in [-0.15, -0.1) is 0 Å². The van der Waals surface area contributed by atoms with Crippen molar-refractivity contribution >= 4 is 5.91 Å². The molecule has 1 aromatic carbocycles. The summed E-state index contributed by atoms with van der Waals surface area (Å²) in [6.07, 6.45) is 0. The number of hydrogen-bond acceptors (Lipinski definition) is 4. The van der Waals surface area contributed by atoms with Crippen molar-refractivity contribution in [3.05, 3.63) is 29.8 Å². The fourth-order valence-corrected chi connectivity index (χ4v) is 2.74. The van der Waals surface area contributed by atoms with Crippen molar-refractivity contribution in [1.82, 2.24) is 10.2 Å². The van der Waals surface area contributed by atoms with E-state index in [4.69, 9.17) is 9.47 Å². The van der Waals surface area contributed by atoms with Crippen LogP contribution in [0.1, 0.15) is 24.2 Å². The number of amides is 1. The molecule has 5 heteroatoms. The highest BCUT2D eigenvalue weighted by Crippen LogP contribution is 2.14. The predicted octanol–water partition coefficient (Wildman–Crippen LogP) is 1.78. The molecule has 1 atom stereocenters. The minimum absolute atomic E-state index is 0.0402. The van der Waals surface area contributed by atoms with E-state index in [1.807, 2.05) is 0 Å². The second kappa shape index (κ2) is 8.15. The van der Waals surface area contributed by atoms with Gasteiger partial charge in [0.2, 0.25) is 0 Å². The Morgan fingerprint density at radius 1 is 1.27 bits per heavy atom. The summed E-state index contributed by atoms with van der Waals surface area (Å²) in [5, 5.41) is 3.05. The average molecular weight is 306 g/mol. The van der Waals surface area contributed by atoms with Gasteiger partial charge in [0.25, 0.3) is 5.91 Å². The van der Waals surface area contributed by atoms with Gasteiger partial charge in [-0.05, 0) is 30.2 Å².